The summed E-state index contributed by atoms with van der Waals surface area (Å²) in [5.41, 5.74) is 4.90. The lowest BCUT2D eigenvalue weighted by atomic mass is 9.84. The highest BCUT2D eigenvalue weighted by Crippen LogP contribution is 2.34. The van der Waals surface area contributed by atoms with Crippen molar-refractivity contribution in [2.75, 3.05) is 19.3 Å². The second-order valence-electron chi connectivity index (χ2n) is 9.50. The first kappa shape index (κ1) is 23.9. The van der Waals surface area contributed by atoms with E-state index in [0.717, 1.165) is 41.3 Å². The number of halogens is 2. The third-order valence-corrected chi connectivity index (χ3v) is 8.50. The number of hydrogen-bond donors (Lipinski definition) is 3. The van der Waals surface area contributed by atoms with Crippen LogP contribution in [0.5, 0.6) is 0 Å². The fourth-order valence-corrected chi connectivity index (χ4v) is 6.47. The molecule has 0 radical (unpaired) electrons. The van der Waals surface area contributed by atoms with Crippen LogP contribution < -0.4 is 10.7 Å². The maximum absolute atomic E-state index is 13.7. The van der Waals surface area contributed by atoms with Crippen LogP contribution in [0.4, 0.5) is 8.78 Å². The van der Waals surface area contributed by atoms with Gasteiger partial charge < -0.3 is 20.4 Å². The average molecular weight is 499 g/mol. The van der Waals surface area contributed by atoms with Crippen molar-refractivity contribution in [3.8, 4) is 0 Å². The fraction of sp³-hybridized carbons (Fsp3) is 0.385. The number of carbonyl (C=O) groups excluding carboxylic acids is 1. The summed E-state index contributed by atoms with van der Waals surface area (Å²) in [4.78, 5) is 18.5. The first-order chi connectivity index (χ1) is 16.8. The maximum atomic E-state index is 13.7. The molecule has 6 nitrogen and oxygen atoms in total. The molecule has 3 heterocycles. The summed E-state index contributed by atoms with van der Waals surface area (Å²) >= 11 is 0. The molecule has 184 valence electrons. The van der Waals surface area contributed by atoms with Gasteiger partial charge >= 0.3 is 0 Å². The predicted molar refractivity (Wildman–Crippen MR) is 136 cm³/mol. The molecular formula is C26H29F2N4O2P. The van der Waals surface area contributed by atoms with Crippen molar-refractivity contribution in [1.29, 1.82) is 0 Å². The molecule has 0 spiro atoms. The maximum Gasteiger partial charge on any atom is 0.253 e. The Balaban J connectivity index is 1.34. The molecule has 0 aliphatic carbocycles. The molecule has 2 aliphatic rings. The number of aromatic amines is 1. The number of hydrazone groups is 1. The number of amides is 1. The van der Waals surface area contributed by atoms with Crippen LogP contribution in [0.1, 0.15) is 47.8 Å². The molecule has 1 aromatic heterocycles. The van der Waals surface area contributed by atoms with Gasteiger partial charge in [-0.1, -0.05) is 21.6 Å². The number of benzene rings is 2. The van der Waals surface area contributed by atoms with Crippen LogP contribution in [0.3, 0.4) is 0 Å². The Morgan fingerprint density at radius 3 is 2.74 bits per heavy atom. The Labute approximate surface area is 204 Å². The van der Waals surface area contributed by atoms with Gasteiger partial charge in [0.25, 0.3) is 5.91 Å². The van der Waals surface area contributed by atoms with Crippen LogP contribution in [0.25, 0.3) is 10.9 Å². The number of aliphatic hydroxyl groups is 1. The Hall–Kier alpha value is -2.83. The van der Waals surface area contributed by atoms with E-state index >= 15 is 0 Å². The van der Waals surface area contributed by atoms with E-state index in [1.165, 1.54) is 11.4 Å². The number of H-pyrrole nitrogens is 1. The lowest BCUT2D eigenvalue weighted by molar-refractivity contribution is -0.0214. The minimum Gasteiger partial charge on any atom is -0.385 e. The molecule has 5 rings (SSSR count). The Morgan fingerprint density at radius 1 is 1.17 bits per heavy atom. The van der Waals surface area contributed by atoms with Crippen LogP contribution in [-0.2, 0) is 12.1 Å². The molecule has 2 atom stereocenters. The van der Waals surface area contributed by atoms with Gasteiger partial charge in [0.2, 0.25) is 0 Å². The molecule has 0 saturated carbocycles. The highest BCUT2D eigenvalue weighted by Gasteiger charge is 2.36. The van der Waals surface area contributed by atoms with Crippen LogP contribution in [0.15, 0.2) is 41.5 Å². The van der Waals surface area contributed by atoms with E-state index in [0.29, 0.717) is 45.3 Å². The lowest BCUT2D eigenvalue weighted by Crippen LogP contribution is -2.45. The van der Waals surface area contributed by atoms with E-state index in [1.807, 2.05) is 24.4 Å². The molecule has 0 bridgehead atoms. The number of carbonyl (C=O) groups is 1. The number of fused-ring (bicyclic) bond motifs is 3. The SMILES string of the molecule is CC1/C=N\NCc2[nH]c3ccc(C(=O)N4CCC(O)(c5ccc(F)c(F)c5)CC4)cc3c2PCC1. The lowest BCUT2D eigenvalue weighted by Gasteiger charge is -2.38. The van der Waals surface area contributed by atoms with E-state index in [2.05, 4.69) is 22.4 Å². The molecular weight excluding hydrogens is 469 g/mol. The van der Waals surface area contributed by atoms with Gasteiger partial charge in [0.15, 0.2) is 11.6 Å². The summed E-state index contributed by atoms with van der Waals surface area (Å²) in [7, 11) is 0.640. The molecule has 3 N–H and O–H groups in total. The van der Waals surface area contributed by atoms with Crippen molar-refractivity contribution < 1.29 is 18.7 Å². The summed E-state index contributed by atoms with van der Waals surface area (Å²) in [6.45, 7) is 3.44. The van der Waals surface area contributed by atoms with E-state index in [9.17, 15) is 18.7 Å². The third-order valence-electron chi connectivity index (χ3n) is 7.04. The van der Waals surface area contributed by atoms with Gasteiger partial charge in [0.1, 0.15) is 0 Å². The number of piperidine rings is 1. The van der Waals surface area contributed by atoms with E-state index in [4.69, 9.17) is 0 Å². The number of rotatable bonds is 2. The number of aromatic nitrogens is 1. The van der Waals surface area contributed by atoms with Gasteiger partial charge in [0, 0.05) is 46.8 Å². The second-order valence-corrected chi connectivity index (χ2v) is 10.9. The zero-order valence-corrected chi connectivity index (χ0v) is 20.6. The van der Waals surface area contributed by atoms with E-state index < -0.39 is 17.2 Å². The Kier molecular flexibility index (Phi) is 6.60. The molecule has 1 amide bonds. The van der Waals surface area contributed by atoms with E-state index in [1.54, 1.807) is 4.90 Å². The molecule has 2 unspecified atom stereocenters. The molecule has 2 aliphatic heterocycles. The third kappa shape index (κ3) is 4.82. The molecule has 2 aromatic carbocycles. The average Bonchev–Trinajstić information content (AvgIpc) is 3.20. The normalized spacial score (nSPS) is 21.9. The van der Waals surface area contributed by atoms with Crippen LogP contribution in [0.2, 0.25) is 0 Å². The van der Waals surface area contributed by atoms with Gasteiger partial charge in [-0.15, -0.1) is 0 Å². The van der Waals surface area contributed by atoms with Crippen LogP contribution >= 0.6 is 8.58 Å². The first-order valence-corrected chi connectivity index (χ1v) is 13.2. The number of nitrogens with one attached hydrogen (secondary N) is 2. The van der Waals surface area contributed by atoms with Gasteiger partial charge in [-0.25, -0.2) is 8.78 Å². The minimum absolute atomic E-state index is 0.0891. The van der Waals surface area contributed by atoms with Crippen LogP contribution in [-0.4, -0.2) is 46.4 Å². The van der Waals surface area contributed by atoms with Crippen molar-refractivity contribution in [1.82, 2.24) is 15.3 Å². The second kappa shape index (κ2) is 9.67. The monoisotopic (exact) mass is 498 g/mol. The quantitative estimate of drug-likeness (QED) is 0.468. The topological polar surface area (TPSA) is 80.7 Å². The van der Waals surface area contributed by atoms with Crippen molar-refractivity contribution in [2.45, 2.75) is 38.3 Å². The minimum atomic E-state index is -1.28. The van der Waals surface area contributed by atoms with Crippen molar-refractivity contribution in [2.24, 2.45) is 11.0 Å². The summed E-state index contributed by atoms with van der Waals surface area (Å²) in [5.74, 6) is -1.59. The summed E-state index contributed by atoms with van der Waals surface area (Å²) < 4.78 is 27.0. The first-order valence-electron chi connectivity index (χ1n) is 12.0. The highest BCUT2D eigenvalue weighted by atomic mass is 31.1. The van der Waals surface area contributed by atoms with Crippen LogP contribution in [0, 0.1) is 17.6 Å². The van der Waals surface area contributed by atoms with Gasteiger partial charge in [0.05, 0.1) is 12.1 Å². The summed E-state index contributed by atoms with van der Waals surface area (Å²) in [6.07, 6.45) is 4.61. The Morgan fingerprint density at radius 2 is 1.97 bits per heavy atom. The summed E-state index contributed by atoms with van der Waals surface area (Å²) in [5, 5.41) is 17.7. The number of hydrogen-bond acceptors (Lipinski definition) is 4. The van der Waals surface area contributed by atoms with E-state index in [-0.39, 0.29) is 18.7 Å². The van der Waals surface area contributed by atoms with Crippen molar-refractivity contribution in [3.05, 3.63) is 64.9 Å². The zero-order valence-electron chi connectivity index (χ0n) is 19.6. The molecule has 35 heavy (non-hydrogen) atoms. The fourth-order valence-electron chi connectivity index (χ4n) is 4.86. The van der Waals surface area contributed by atoms with Gasteiger partial charge in [-0.2, -0.15) is 5.10 Å². The smallest absolute Gasteiger partial charge is 0.253 e. The van der Waals surface area contributed by atoms with Gasteiger partial charge in [-0.3, -0.25) is 4.79 Å². The number of likely N-dealkylation sites (tertiary alicyclic amines) is 1. The van der Waals surface area contributed by atoms with Crippen molar-refractivity contribution in [3.63, 3.8) is 0 Å². The number of nitrogens with zero attached hydrogens (tertiary/aromatic N) is 2. The molecule has 1 fully saturated rings. The molecule has 3 aromatic rings. The summed E-state index contributed by atoms with van der Waals surface area (Å²) in [6, 6.07) is 9.24. The van der Waals surface area contributed by atoms with Crippen molar-refractivity contribution >= 4 is 36.9 Å². The van der Waals surface area contributed by atoms with Gasteiger partial charge in [-0.05, 0) is 67.2 Å². The highest BCUT2D eigenvalue weighted by molar-refractivity contribution is 7.48. The predicted octanol–water partition coefficient (Wildman–Crippen LogP) is 3.99. The molecule has 1 saturated heterocycles. The standard InChI is InChI=1S/C26H29F2N4O2P/c1-16-6-11-35-24-19-12-17(2-5-22(19)31-23(24)15-30-29-14-16)25(33)32-9-7-26(34,8-10-32)18-3-4-20(27)21(28)13-18/h2-5,12-14,16,30-31,34-35H,6-11,15H2,1H3/b29-14-. The Bertz CT molecular complexity index is 1280. The molecule has 9 heteroatoms. The zero-order chi connectivity index (χ0) is 24.6. The largest absolute Gasteiger partial charge is 0.385 e.